The summed E-state index contributed by atoms with van der Waals surface area (Å²) in [6.45, 7) is 10.0. The first-order chi connectivity index (χ1) is 19.4. The van der Waals surface area contributed by atoms with Crippen molar-refractivity contribution in [3.63, 3.8) is 0 Å². The summed E-state index contributed by atoms with van der Waals surface area (Å²) < 4.78 is 0. The number of rotatable bonds is 1. The van der Waals surface area contributed by atoms with Crippen LogP contribution in [0.25, 0.3) is 62.0 Å². The lowest BCUT2D eigenvalue weighted by atomic mass is 9.54. The number of hydrogen-bond acceptors (Lipinski definition) is 0. The molecule has 0 aromatic heterocycles. The monoisotopic (exact) mass is 516 g/mol. The molecule has 4 aromatic rings. The molecule has 0 heterocycles. The maximum Gasteiger partial charge on any atom is 0.0118 e. The van der Waals surface area contributed by atoms with Crippen molar-refractivity contribution in [2.45, 2.75) is 65.2 Å². The summed E-state index contributed by atoms with van der Waals surface area (Å²) in [5.74, 6) is 0.525. The second-order valence-electron chi connectivity index (χ2n) is 13.8. The van der Waals surface area contributed by atoms with Gasteiger partial charge in [-0.25, -0.2) is 0 Å². The summed E-state index contributed by atoms with van der Waals surface area (Å²) in [7, 11) is 0. The Morgan fingerprint density at radius 2 is 1.52 bits per heavy atom. The Morgan fingerprint density at radius 1 is 0.750 bits per heavy atom. The first-order valence-electron chi connectivity index (χ1n) is 15.4. The Bertz CT molecular complexity index is 2180. The summed E-state index contributed by atoms with van der Waals surface area (Å²) in [6, 6.07) is 18.8. The lowest BCUT2D eigenvalue weighted by Gasteiger charge is -2.49. The molecule has 0 heteroatoms. The molecule has 0 spiro atoms. The van der Waals surface area contributed by atoms with Crippen LogP contribution in [0.4, 0.5) is 0 Å². The molecule has 1 atom stereocenters. The molecule has 196 valence electrons. The van der Waals surface area contributed by atoms with Gasteiger partial charge in [0.05, 0.1) is 0 Å². The number of allylic oxidation sites excluding steroid dienone is 4. The lowest BCUT2D eigenvalue weighted by Crippen LogP contribution is -2.48. The second kappa shape index (κ2) is 7.55. The van der Waals surface area contributed by atoms with Crippen molar-refractivity contribution in [3.05, 3.63) is 98.3 Å². The second-order valence-corrected chi connectivity index (χ2v) is 13.8. The quantitative estimate of drug-likeness (QED) is 0.247. The summed E-state index contributed by atoms with van der Waals surface area (Å²) in [5, 5.41) is 11.7. The Labute approximate surface area is 236 Å². The van der Waals surface area contributed by atoms with E-state index >= 15 is 0 Å². The molecule has 0 fully saturated rings. The molecule has 5 aliphatic carbocycles. The van der Waals surface area contributed by atoms with Crippen LogP contribution < -0.4 is 20.9 Å². The van der Waals surface area contributed by atoms with E-state index < -0.39 is 0 Å². The Morgan fingerprint density at radius 3 is 2.42 bits per heavy atom. The highest BCUT2D eigenvalue weighted by molar-refractivity contribution is 6.13. The minimum atomic E-state index is 0.0475. The van der Waals surface area contributed by atoms with Crippen LogP contribution in [-0.2, 0) is 5.41 Å². The maximum atomic E-state index is 2.60. The molecule has 0 nitrogen and oxygen atoms in total. The fraction of sp³-hybridized carbons (Fsp3) is 0.300. The van der Waals surface area contributed by atoms with Gasteiger partial charge in [-0.15, -0.1) is 0 Å². The Balaban J connectivity index is 1.62. The summed E-state index contributed by atoms with van der Waals surface area (Å²) in [6.07, 6.45) is 18.2. The fourth-order valence-corrected chi connectivity index (χ4v) is 9.35. The number of fused-ring (bicyclic) bond motifs is 2. The van der Waals surface area contributed by atoms with Gasteiger partial charge in [0.1, 0.15) is 0 Å². The zero-order chi connectivity index (χ0) is 27.0. The van der Waals surface area contributed by atoms with Crippen molar-refractivity contribution in [1.82, 2.24) is 0 Å². The van der Waals surface area contributed by atoms with Crippen molar-refractivity contribution in [2.75, 3.05) is 0 Å². The van der Waals surface area contributed by atoms with E-state index in [9.17, 15) is 0 Å². The number of benzene rings is 4. The highest BCUT2D eigenvalue weighted by Gasteiger charge is 2.47. The zero-order valence-electron chi connectivity index (χ0n) is 24.1. The molecule has 1 unspecified atom stereocenters. The van der Waals surface area contributed by atoms with E-state index in [1.54, 1.807) is 33.1 Å². The molecule has 0 aliphatic heterocycles. The molecule has 5 aliphatic rings. The highest BCUT2D eigenvalue weighted by Crippen LogP contribution is 2.58. The molecule has 0 saturated carbocycles. The number of hydrogen-bond donors (Lipinski definition) is 0. The lowest BCUT2D eigenvalue weighted by molar-refractivity contribution is 0.385. The molecule has 9 rings (SSSR count). The maximum absolute atomic E-state index is 2.60. The molecule has 0 saturated heterocycles. The van der Waals surface area contributed by atoms with E-state index in [1.807, 2.05) is 0 Å². The normalized spacial score (nSPS) is 22.5. The molecular formula is C40H36. The van der Waals surface area contributed by atoms with Crippen LogP contribution in [0.1, 0.15) is 70.9 Å². The van der Waals surface area contributed by atoms with Crippen molar-refractivity contribution < 1.29 is 0 Å². The minimum Gasteiger partial charge on any atom is -0.0836 e. The zero-order valence-corrected chi connectivity index (χ0v) is 24.1. The Hall–Kier alpha value is -3.64. The average molecular weight is 517 g/mol. The molecule has 40 heavy (non-hydrogen) atoms. The first-order valence-corrected chi connectivity index (χ1v) is 15.4. The third-order valence-corrected chi connectivity index (χ3v) is 11.2. The first kappa shape index (κ1) is 23.1. The highest BCUT2D eigenvalue weighted by atomic mass is 14.5. The van der Waals surface area contributed by atoms with Crippen LogP contribution in [0.3, 0.4) is 0 Å². The van der Waals surface area contributed by atoms with E-state index in [0.717, 1.165) is 32.1 Å². The predicted molar refractivity (Wildman–Crippen MR) is 172 cm³/mol. The van der Waals surface area contributed by atoms with E-state index in [1.165, 1.54) is 48.3 Å². The van der Waals surface area contributed by atoms with E-state index in [0.29, 0.717) is 5.92 Å². The fourth-order valence-electron chi connectivity index (χ4n) is 9.35. The summed E-state index contributed by atoms with van der Waals surface area (Å²) in [4.78, 5) is 0. The van der Waals surface area contributed by atoms with Gasteiger partial charge >= 0.3 is 0 Å². The molecule has 0 radical (unpaired) electrons. The van der Waals surface area contributed by atoms with Gasteiger partial charge in [0.15, 0.2) is 0 Å². The van der Waals surface area contributed by atoms with Crippen LogP contribution in [0.2, 0.25) is 0 Å². The van der Waals surface area contributed by atoms with E-state index in [-0.39, 0.29) is 10.8 Å². The third-order valence-electron chi connectivity index (χ3n) is 11.2. The summed E-state index contributed by atoms with van der Waals surface area (Å²) >= 11 is 0. The van der Waals surface area contributed by atoms with Crippen LogP contribution in [0.15, 0.2) is 66.3 Å². The van der Waals surface area contributed by atoms with Crippen molar-refractivity contribution in [3.8, 4) is 11.1 Å². The van der Waals surface area contributed by atoms with Gasteiger partial charge in [-0.1, -0.05) is 106 Å². The van der Waals surface area contributed by atoms with Gasteiger partial charge in [-0.2, -0.15) is 0 Å². The largest absolute Gasteiger partial charge is 0.0836 e. The predicted octanol–water partition coefficient (Wildman–Crippen LogP) is 7.40. The molecule has 0 N–H and O–H groups in total. The molecule has 0 amide bonds. The third kappa shape index (κ3) is 2.64. The van der Waals surface area contributed by atoms with E-state index in [2.05, 4.69) is 107 Å². The van der Waals surface area contributed by atoms with Crippen LogP contribution in [-0.4, -0.2) is 0 Å². The summed E-state index contributed by atoms with van der Waals surface area (Å²) in [5.41, 5.74) is 11.1. The van der Waals surface area contributed by atoms with Gasteiger partial charge in [-0.05, 0) is 125 Å². The van der Waals surface area contributed by atoms with E-state index in [4.69, 9.17) is 0 Å². The molecule has 0 bridgehead atoms. The van der Waals surface area contributed by atoms with Crippen LogP contribution >= 0.6 is 0 Å². The smallest absolute Gasteiger partial charge is 0.0118 e. The van der Waals surface area contributed by atoms with Crippen molar-refractivity contribution in [2.24, 2.45) is 11.3 Å². The van der Waals surface area contributed by atoms with Gasteiger partial charge in [0.2, 0.25) is 0 Å². The minimum absolute atomic E-state index is 0.0475. The van der Waals surface area contributed by atoms with Crippen molar-refractivity contribution in [1.29, 1.82) is 0 Å². The van der Waals surface area contributed by atoms with Crippen molar-refractivity contribution >= 4 is 50.9 Å². The van der Waals surface area contributed by atoms with Crippen LogP contribution in [0.5, 0.6) is 0 Å². The molecule has 4 aromatic carbocycles. The standard InChI is InChI=1S/C40H36/c1-39(2)29-18-9-16-27-34(33-25-14-7-5-12-23(25)22-24-13-6-8-15-26(24)33)28-17-10-19-30-36(28)38(35(27)29)37-31(39)20-11-21-32(37)40(30,3)4/h5,7,9,11-18,21-22,31H,6,8,10,19-20H2,1-4H3. The van der Waals surface area contributed by atoms with Gasteiger partial charge in [-0.3, -0.25) is 0 Å². The SMILES string of the molecule is CC1(C)C2=C3c4c5c(c(-c6c7c(cc8ccccc68)=CCCC=7)c6cccc(c46)C(C)(C)C3CC=C2)=CCCC=51. The van der Waals surface area contributed by atoms with Gasteiger partial charge < -0.3 is 0 Å². The van der Waals surface area contributed by atoms with Crippen LogP contribution in [0, 0.1) is 11.3 Å². The van der Waals surface area contributed by atoms with Gasteiger partial charge in [0.25, 0.3) is 0 Å². The average Bonchev–Trinajstić information content (AvgIpc) is 2.97. The molecular weight excluding hydrogens is 480 g/mol. The topological polar surface area (TPSA) is 0 Å². The Kier molecular flexibility index (Phi) is 4.36. The van der Waals surface area contributed by atoms with Gasteiger partial charge in [0, 0.05) is 5.41 Å².